The smallest absolute Gasteiger partial charge is 0.241 e. The van der Waals surface area contributed by atoms with Gasteiger partial charge in [-0.2, -0.15) is 0 Å². The van der Waals surface area contributed by atoms with E-state index in [9.17, 15) is 9.59 Å². The van der Waals surface area contributed by atoms with Gasteiger partial charge in [0.15, 0.2) is 5.78 Å². The molecular weight excluding hydrogens is 350 g/mol. The number of ketones is 1. The van der Waals surface area contributed by atoms with E-state index in [1.807, 2.05) is 41.3 Å². The Kier molecular flexibility index (Phi) is 5.18. The molecule has 2 aromatic rings. The fourth-order valence-corrected chi connectivity index (χ4v) is 4.28. The summed E-state index contributed by atoms with van der Waals surface area (Å²) in [6.07, 6.45) is 0.936. The average Bonchev–Trinajstić information content (AvgIpc) is 3.04. The van der Waals surface area contributed by atoms with E-state index in [0.29, 0.717) is 6.54 Å². The van der Waals surface area contributed by atoms with Crippen LogP contribution in [0.15, 0.2) is 48.5 Å². The molecule has 28 heavy (non-hydrogen) atoms. The maximum Gasteiger partial charge on any atom is 0.241 e. The van der Waals surface area contributed by atoms with Crippen molar-refractivity contribution in [2.45, 2.75) is 26.3 Å². The van der Waals surface area contributed by atoms with E-state index in [4.69, 9.17) is 0 Å². The second-order valence-electron chi connectivity index (χ2n) is 7.81. The zero-order chi connectivity index (χ0) is 19.7. The lowest BCUT2D eigenvalue weighted by atomic mass is 10.1. The lowest BCUT2D eigenvalue weighted by molar-refractivity contribution is -0.120. The highest BCUT2D eigenvalue weighted by Crippen LogP contribution is 2.32. The Labute approximate surface area is 166 Å². The molecule has 2 aliphatic rings. The Morgan fingerprint density at radius 2 is 1.64 bits per heavy atom. The number of benzene rings is 2. The lowest BCUT2D eigenvalue weighted by Gasteiger charge is -2.36. The number of fused-ring (bicyclic) bond motifs is 1. The number of anilines is 2. The van der Waals surface area contributed by atoms with Gasteiger partial charge in [0.1, 0.15) is 0 Å². The molecule has 2 aromatic carbocycles. The van der Waals surface area contributed by atoms with Crippen LogP contribution in [0, 0.1) is 0 Å². The monoisotopic (exact) mass is 377 g/mol. The number of hydrogen-bond acceptors (Lipinski definition) is 4. The van der Waals surface area contributed by atoms with E-state index in [2.05, 4.69) is 28.9 Å². The summed E-state index contributed by atoms with van der Waals surface area (Å²) in [7, 11) is 0. The van der Waals surface area contributed by atoms with E-state index in [1.54, 1.807) is 6.92 Å². The van der Waals surface area contributed by atoms with Crippen molar-refractivity contribution in [1.82, 2.24) is 4.90 Å². The van der Waals surface area contributed by atoms with Crippen LogP contribution in [0.5, 0.6) is 0 Å². The number of rotatable bonds is 4. The van der Waals surface area contributed by atoms with Crippen LogP contribution in [0.25, 0.3) is 0 Å². The van der Waals surface area contributed by atoms with Crippen molar-refractivity contribution in [3.8, 4) is 0 Å². The van der Waals surface area contributed by atoms with Gasteiger partial charge in [0.25, 0.3) is 0 Å². The largest absolute Gasteiger partial charge is 0.369 e. The van der Waals surface area contributed by atoms with E-state index < -0.39 is 0 Å². The third-order valence-corrected chi connectivity index (χ3v) is 5.85. The molecule has 1 saturated heterocycles. The molecule has 1 fully saturated rings. The number of amides is 1. The minimum absolute atomic E-state index is 0.0904. The summed E-state index contributed by atoms with van der Waals surface area (Å²) in [5.74, 6) is 0.282. The molecule has 0 N–H and O–H groups in total. The maximum atomic E-state index is 13.0. The fourth-order valence-electron chi connectivity index (χ4n) is 4.28. The molecule has 0 aromatic heterocycles. The van der Waals surface area contributed by atoms with Gasteiger partial charge in [0.2, 0.25) is 5.91 Å². The fraction of sp³-hybridized carbons (Fsp3) is 0.391. The standard InChI is InChI=1S/C23H27N3O2/c1-17-15-20-5-3-4-6-22(20)26(17)23(28)16-24-11-13-25(14-12-24)21-9-7-19(8-10-21)18(2)27/h3-10,17H,11-16H2,1-2H3/t17-/m1/s1. The van der Waals surface area contributed by atoms with E-state index in [1.165, 1.54) is 5.56 Å². The van der Waals surface area contributed by atoms with Crippen molar-refractivity contribution in [3.05, 3.63) is 59.7 Å². The van der Waals surface area contributed by atoms with Gasteiger partial charge in [-0.15, -0.1) is 0 Å². The summed E-state index contributed by atoms with van der Waals surface area (Å²) in [6.45, 7) is 7.69. The third-order valence-electron chi connectivity index (χ3n) is 5.85. The van der Waals surface area contributed by atoms with Crippen LogP contribution in [0.2, 0.25) is 0 Å². The predicted molar refractivity (Wildman–Crippen MR) is 112 cm³/mol. The molecule has 1 atom stereocenters. The maximum absolute atomic E-state index is 13.0. The summed E-state index contributed by atoms with van der Waals surface area (Å²) in [6, 6.07) is 16.3. The summed E-state index contributed by atoms with van der Waals surface area (Å²) in [5.41, 5.74) is 4.22. The number of hydrogen-bond donors (Lipinski definition) is 0. The van der Waals surface area contributed by atoms with Crippen LogP contribution in [0.1, 0.15) is 29.8 Å². The first-order chi connectivity index (χ1) is 13.5. The van der Waals surface area contributed by atoms with Crippen LogP contribution >= 0.6 is 0 Å². The van der Waals surface area contributed by atoms with E-state index in [-0.39, 0.29) is 17.7 Å². The molecule has 0 aliphatic carbocycles. The van der Waals surface area contributed by atoms with Crippen LogP contribution in [0.4, 0.5) is 11.4 Å². The summed E-state index contributed by atoms with van der Waals surface area (Å²) < 4.78 is 0. The van der Waals surface area contributed by atoms with E-state index >= 15 is 0 Å². The summed E-state index contributed by atoms with van der Waals surface area (Å²) in [5, 5.41) is 0. The van der Waals surface area contributed by atoms with Crippen molar-refractivity contribution >= 4 is 23.1 Å². The molecule has 5 nitrogen and oxygen atoms in total. The Morgan fingerprint density at radius 3 is 2.32 bits per heavy atom. The van der Waals surface area contributed by atoms with Gasteiger partial charge >= 0.3 is 0 Å². The Morgan fingerprint density at radius 1 is 0.964 bits per heavy atom. The molecule has 0 saturated carbocycles. The number of para-hydroxylation sites is 1. The summed E-state index contributed by atoms with van der Waals surface area (Å²) >= 11 is 0. The van der Waals surface area contributed by atoms with Crippen LogP contribution < -0.4 is 9.80 Å². The first-order valence-corrected chi connectivity index (χ1v) is 10.0. The highest BCUT2D eigenvalue weighted by atomic mass is 16.2. The minimum atomic E-state index is 0.0904. The molecule has 4 rings (SSSR count). The lowest BCUT2D eigenvalue weighted by Crippen LogP contribution is -2.51. The van der Waals surface area contributed by atoms with Crippen molar-refractivity contribution in [1.29, 1.82) is 0 Å². The molecule has 0 bridgehead atoms. The highest BCUT2D eigenvalue weighted by Gasteiger charge is 2.31. The number of carbonyl (C=O) groups excluding carboxylic acids is 2. The Balaban J connectivity index is 1.34. The van der Waals surface area contributed by atoms with Gasteiger partial charge in [0.05, 0.1) is 6.54 Å². The average molecular weight is 377 g/mol. The predicted octanol–water partition coefficient (Wildman–Crippen LogP) is 2.99. The molecular formula is C23H27N3O2. The van der Waals surface area contributed by atoms with Crippen molar-refractivity contribution in [2.24, 2.45) is 0 Å². The second kappa shape index (κ2) is 7.76. The van der Waals surface area contributed by atoms with Crippen molar-refractivity contribution in [2.75, 3.05) is 42.5 Å². The first kappa shape index (κ1) is 18.7. The van der Waals surface area contributed by atoms with Crippen molar-refractivity contribution < 1.29 is 9.59 Å². The number of carbonyl (C=O) groups is 2. The first-order valence-electron chi connectivity index (χ1n) is 10.0. The SMILES string of the molecule is CC(=O)c1ccc(N2CCN(CC(=O)N3c4ccccc4C[C@H]3C)CC2)cc1. The Bertz CT molecular complexity index is 870. The van der Waals surface area contributed by atoms with Gasteiger partial charge in [0, 0.05) is 49.2 Å². The third kappa shape index (κ3) is 3.67. The Hall–Kier alpha value is -2.66. The van der Waals surface area contributed by atoms with Crippen molar-refractivity contribution in [3.63, 3.8) is 0 Å². The molecule has 1 amide bonds. The number of nitrogens with zero attached hydrogens (tertiary/aromatic N) is 3. The van der Waals surface area contributed by atoms with Crippen LogP contribution in [0.3, 0.4) is 0 Å². The highest BCUT2D eigenvalue weighted by molar-refractivity contribution is 5.97. The molecule has 146 valence electrons. The van der Waals surface area contributed by atoms with E-state index in [0.717, 1.165) is 49.5 Å². The molecule has 0 spiro atoms. The van der Waals surface area contributed by atoms with Gasteiger partial charge in [-0.3, -0.25) is 14.5 Å². The van der Waals surface area contributed by atoms with Gasteiger partial charge in [-0.25, -0.2) is 0 Å². The number of Topliss-reactive ketones (excluding diaryl/α,β-unsaturated/α-hetero) is 1. The normalized spacial score (nSPS) is 19.6. The molecule has 2 aliphatic heterocycles. The van der Waals surface area contributed by atoms with Crippen LogP contribution in [-0.2, 0) is 11.2 Å². The number of piperazine rings is 1. The zero-order valence-corrected chi connectivity index (χ0v) is 16.6. The topological polar surface area (TPSA) is 43.9 Å². The van der Waals surface area contributed by atoms with Gasteiger partial charge in [-0.1, -0.05) is 18.2 Å². The second-order valence-corrected chi connectivity index (χ2v) is 7.81. The molecule has 0 unspecified atom stereocenters. The minimum Gasteiger partial charge on any atom is -0.369 e. The molecule has 0 radical (unpaired) electrons. The zero-order valence-electron chi connectivity index (χ0n) is 16.6. The van der Waals surface area contributed by atoms with Gasteiger partial charge in [-0.05, 0) is 56.2 Å². The molecule has 2 heterocycles. The van der Waals surface area contributed by atoms with Crippen LogP contribution in [-0.4, -0.2) is 55.4 Å². The molecule has 5 heteroatoms. The summed E-state index contributed by atoms with van der Waals surface area (Å²) in [4.78, 5) is 30.9. The quantitative estimate of drug-likeness (QED) is 0.769. The van der Waals surface area contributed by atoms with Gasteiger partial charge < -0.3 is 9.80 Å².